The quantitative estimate of drug-likeness (QED) is 0.829. The van der Waals surface area contributed by atoms with E-state index >= 15 is 0 Å². The smallest absolute Gasteiger partial charge is 0.245 e. The molecule has 3 atom stereocenters. The Morgan fingerprint density at radius 2 is 1.92 bits per heavy atom. The van der Waals surface area contributed by atoms with Crippen molar-refractivity contribution in [2.24, 2.45) is 11.8 Å². The zero-order valence-corrected chi connectivity index (χ0v) is 14.8. The lowest BCUT2D eigenvalue weighted by molar-refractivity contribution is -0.149. The molecule has 1 aromatic carbocycles. The number of hydrogen-bond donors (Lipinski definition) is 0. The van der Waals surface area contributed by atoms with Crippen molar-refractivity contribution in [1.29, 1.82) is 0 Å². The lowest BCUT2D eigenvalue weighted by Crippen LogP contribution is -2.53. The van der Waals surface area contributed by atoms with E-state index in [4.69, 9.17) is 4.74 Å². The molecule has 0 unspecified atom stereocenters. The summed E-state index contributed by atoms with van der Waals surface area (Å²) in [7, 11) is 0. The monoisotopic (exact) mass is 342 g/mol. The lowest BCUT2D eigenvalue weighted by Gasteiger charge is -2.37. The van der Waals surface area contributed by atoms with E-state index in [0.717, 1.165) is 43.5 Å². The Balaban J connectivity index is 1.51. The molecule has 1 aromatic rings. The molecule has 134 valence electrons. The van der Waals surface area contributed by atoms with Gasteiger partial charge in [0.1, 0.15) is 18.4 Å². The van der Waals surface area contributed by atoms with Crippen LogP contribution in [-0.2, 0) is 16.1 Å². The van der Waals surface area contributed by atoms with E-state index in [1.807, 2.05) is 34.1 Å². The van der Waals surface area contributed by atoms with Gasteiger partial charge in [-0.1, -0.05) is 25.1 Å². The van der Waals surface area contributed by atoms with E-state index in [1.165, 1.54) is 0 Å². The minimum absolute atomic E-state index is 0.0849. The van der Waals surface area contributed by atoms with Crippen LogP contribution in [0.5, 0.6) is 5.75 Å². The fourth-order valence-corrected chi connectivity index (χ4v) is 4.06. The standard InChI is InChI=1S/C20H26N2O3/c1-14-12-16(14)19(23)22-9-5-4-7-17(22)20(24)21-10-11-25-18-8-3-2-6-15(18)13-21/h2-3,6,8,14,16-17H,4-5,7,9-13H2,1H3/t14-,16-,17-/m1/s1. The summed E-state index contributed by atoms with van der Waals surface area (Å²) in [4.78, 5) is 29.7. The van der Waals surface area contributed by atoms with Crippen molar-refractivity contribution >= 4 is 11.8 Å². The third-order valence-electron chi connectivity index (χ3n) is 5.76. The van der Waals surface area contributed by atoms with Gasteiger partial charge >= 0.3 is 0 Å². The first kappa shape index (κ1) is 16.4. The molecule has 3 aliphatic rings. The number of nitrogens with zero attached hydrogens (tertiary/aromatic N) is 2. The highest BCUT2D eigenvalue weighted by atomic mass is 16.5. The molecule has 25 heavy (non-hydrogen) atoms. The molecule has 2 heterocycles. The average molecular weight is 342 g/mol. The average Bonchev–Trinajstić information content (AvgIpc) is 3.41. The Kier molecular flexibility index (Phi) is 4.40. The van der Waals surface area contributed by atoms with Gasteiger partial charge in [0.15, 0.2) is 0 Å². The number of hydrogen-bond acceptors (Lipinski definition) is 3. The maximum absolute atomic E-state index is 13.2. The number of carbonyl (C=O) groups excluding carboxylic acids is 2. The Bertz CT molecular complexity index is 675. The van der Waals surface area contributed by atoms with Gasteiger partial charge < -0.3 is 14.5 Å². The minimum atomic E-state index is -0.292. The first-order valence-corrected chi connectivity index (χ1v) is 9.45. The largest absolute Gasteiger partial charge is 0.491 e. The molecule has 2 fully saturated rings. The second kappa shape index (κ2) is 6.70. The summed E-state index contributed by atoms with van der Waals surface area (Å²) < 4.78 is 5.78. The number of benzene rings is 1. The molecule has 5 heteroatoms. The van der Waals surface area contributed by atoms with Crippen LogP contribution < -0.4 is 4.74 Å². The number of para-hydroxylation sites is 1. The first-order chi connectivity index (χ1) is 12.1. The van der Waals surface area contributed by atoms with Crippen LogP contribution in [0, 0.1) is 11.8 Å². The molecule has 5 nitrogen and oxygen atoms in total. The van der Waals surface area contributed by atoms with Gasteiger partial charge in [-0.15, -0.1) is 0 Å². The summed E-state index contributed by atoms with van der Waals surface area (Å²) in [5, 5.41) is 0. The van der Waals surface area contributed by atoms with Crippen molar-refractivity contribution in [2.45, 2.75) is 45.2 Å². The SMILES string of the molecule is C[C@@H]1C[C@H]1C(=O)N1CCCC[C@@H]1C(=O)N1CCOc2ccccc2C1. The number of likely N-dealkylation sites (tertiary alicyclic amines) is 1. The molecule has 0 radical (unpaired) electrons. The van der Waals surface area contributed by atoms with Crippen LogP contribution in [-0.4, -0.2) is 47.4 Å². The van der Waals surface area contributed by atoms with Crippen molar-refractivity contribution < 1.29 is 14.3 Å². The van der Waals surface area contributed by atoms with Gasteiger partial charge in [0.25, 0.3) is 0 Å². The van der Waals surface area contributed by atoms with E-state index in [2.05, 4.69) is 6.92 Å². The Hall–Kier alpha value is -2.04. The molecular weight excluding hydrogens is 316 g/mol. The summed E-state index contributed by atoms with van der Waals surface area (Å²) in [6, 6.07) is 7.60. The number of amides is 2. The molecule has 1 aliphatic carbocycles. The van der Waals surface area contributed by atoms with Crippen molar-refractivity contribution in [2.75, 3.05) is 19.7 Å². The maximum atomic E-state index is 13.2. The van der Waals surface area contributed by atoms with Gasteiger partial charge in [-0.05, 0) is 37.7 Å². The van der Waals surface area contributed by atoms with Gasteiger partial charge in [0.05, 0.1) is 6.54 Å². The molecule has 0 bridgehead atoms. The molecule has 0 spiro atoms. The molecule has 2 aliphatic heterocycles. The molecule has 1 saturated carbocycles. The molecule has 0 aromatic heterocycles. The number of carbonyl (C=O) groups is 2. The van der Waals surface area contributed by atoms with Crippen molar-refractivity contribution in [3.63, 3.8) is 0 Å². The minimum Gasteiger partial charge on any atom is -0.491 e. The highest BCUT2D eigenvalue weighted by Gasteiger charge is 2.45. The fourth-order valence-electron chi connectivity index (χ4n) is 4.06. The number of ether oxygens (including phenoxy) is 1. The van der Waals surface area contributed by atoms with Crippen molar-refractivity contribution in [3.8, 4) is 5.75 Å². The zero-order chi connectivity index (χ0) is 17.4. The summed E-state index contributed by atoms with van der Waals surface area (Å²) in [5.41, 5.74) is 1.04. The van der Waals surface area contributed by atoms with Crippen LogP contribution in [0.15, 0.2) is 24.3 Å². The Morgan fingerprint density at radius 3 is 2.72 bits per heavy atom. The van der Waals surface area contributed by atoms with Crippen LogP contribution in [0.2, 0.25) is 0 Å². The van der Waals surface area contributed by atoms with E-state index in [1.54, 1.807) is 0 Å². The normalized spacial score (nSPS) is 28.6. The maximum Gasteiger partial charge on any atom is 0.245 e. The van der Waals surface area contributed by atoms with Gasteiger partial charge in [-0.25, -0.2) is 0 Å². The fraction of sp³-hybridized carbons (Fsp3) is 0.600. The molecule has 0 N–H and O–H groups in total. The summed E-state index contributed by atoms with van der Waals surface area (Å²) in [5.74, 6) is 1.75. The second-order valence-corrected chi connectivity index (χ2v) is 7.58. The van der Waals surface area contributed by atoms with Crippen molar-refractivity contribution in [1.82, 2.24) is 9.80 Å². The van der Waals surface area contributed by atoms with Crippen LogP contribution >= 0.6 is 0 Å². The molecule has 4 rings (SSSR count). The molecule has 1 saturated heterocycles. The van der Waals surface area contributed by atoms with Gasteiger partial charge in [-0.2, -0.15) is 0 Å². The number of fused-ring (bicyclic) bond motifs is 1. The second-order valence-electron chi connectivity index (χ2n) is 7.58. The van der Waals surface area contributed by atoms with Gasteiger partial charge in [0.2, 0.25) is 11.8 Å². The van der Waals surface area contributed by atoms with Crippen molar-refractivity contribution in [3.05, 3.63) is 29.8 Å². The summed E-state index contributed by atoms with van der Waals surface area (Å²) in [6.07, 6.45) is 3.77. The Morgan fingerprint density at radius 1 is 1.12 bits per heavy atom. The number of rotatable bonds is 2. The molecular formula is C20H26N2O3. The van der Waals surface area contributed by atoms with Crippen LogP contribution in [0.1, 0.15) is 38.2 Å². The summed E-state index contributed by atoms with van der Waals surface area (Å²) in [6.45, 7) is 4.48. The highest BCUT2D eigenvalue weighted by Crippen LogP contribution is 2.40. The predicted molar refractivity (Wildman–Crippen MR) is 94.0 cm³/mol. The van der Waals surface area contributed by atoms with E-state index in [0.29, 0.717) is 25.6 Å². The number of piperidine rings is 1. The summed E-state index contributed by atoms with van der Waals surface area (Å²) >= 11 is 0. The van der Waals surface area contributed by atoms with Gasteiger partial charge in [0, 0.05) is 24.6 Å². The van der Waals surface area contributed by atoms with Crippen LogP contribution in [0.25, 0.3) is 0 Å². The third-order valence-corrected chi connectivity index (χ3v) is 5.76. The topological polar surface area (TPSA) is 49.9 Å². The predicted octanol–water partition coefficient (Wildman–Crippen LogP) is 2.44. The molecule has 2 amide bonds. The lowest BCUT2D eigenvalue weighted by atomic mass is 9.99. The van der Waals surface area contributed by atoms with E-state index in [9.17, 15) is 9.59 Å². The Labute approximate surface area is 148 Å². The van der Waals surface area contributed by atoms with E-state index < -0.39 is 0 Å². The highest BCUT2D eigenvalue weighted by molar-refractivity contribution is 5.90. The van der Waals surface area contributed by atoms with E-state index in [-0.39, 0.29) is 23.8 Å². The van der Waals surface area contributed by atoms with Gasteiger partial charge in [-0.3, -0.25) is 9.59 Å². The zero-order valence-electron chi connectivity index (χ0n) is 14.8. The van der Waals surface area contributed by atoms with Crippen LogP contribution in [0.3, 0.4) is 0 Å². The first-order valence-electron chi connectivity index (χ1n) is 9.45. The third kappa shape index (κ3) is 3.24. The van der Waals surface area contributed by atoms with Crippen LogP contribution in [0.4, 0.5) is 0 Å².